The molecule has 0 saturated heterocycles. The van der Waals surface area contributed by atoms with Crippen LogP contribution in [0, 0.1) is 10.5 Å². The van der Waals surface area contributed by atoms with Gasteiger partial charge >= 0.3 is 6.18 Å². The van der Waals surface area contributed by atoms with Crippen LogP contribution in [0.15, 0.2) is 12.1 Å². The molecule has 0 fully saturated rings. The molecular formula is C8H7F3IN. The molecule has 1 rings (SSSR count). The van der Waals surface area contributed by atoms with Crippen molar-refractivity contribution in [3.8, 4) is 0 Å². The molecule has 0 saturated carbocycles. The second-order valence-electron chi connectivity index (χ2n) is 2.69. The molecule has 0 spiro atoms. The fraction of sp³-hybridized carbons (Fsp3) is 0.250. The summed E-state index contributed by atoms with van der Waals surface area (Å²) in [4.78, 5) is 0. The van der Waals surface area contributed by atoms with Gasteiger partial charge in [-0.05, 0) is 47.2 Å². The maximum Gasteiger partial charge on any atom is 0.416 e. The van der Waals surface area contributed by atoms with Gasteiger partial charge in [0.1, 0.15) is 0 Å². The second kappa shape index (κ2) is 3.36. The van der Waals surface area contributed by atoms with Crippen LogP contribution < -0.4 is 5.73 Å². The summed E-state index contributed by atoms with van der Waals surface area (Å²) >= 11 is 1.92. The number of benzene rings is 1. The Morgan fingerprint density at radius 2 is 1.85 bits per heavy atom. The standard InChI is InChI=1S/C8H7F3IN/c1-4-2-5(8(9,10)11)3-6(13)7(4)12/h2-3H,13H2,1H3. The van der Waals surface area contributed by atoms with Crippen LogP contribution in [0.4, 0.5) is 18.9 Å². The van der Waals surface area contributed by atoms with Gasteiger partial charge in [0.2, 0.25) is 0 Å². The molecule has 0 atom stereocenters. The van der Waals surface area contributed by atoms with E-state index in [0.29, 0.717) is 9.13 Å². The summed E-state index contributed by atoms with van der Waals surface area (Å²) in [6.45, 7) is 1.60. The second-order valence-corrected chi connectivity index (χ2v) is 3.77. The molecule has 0 unspecified atom stereocenters. The minimum Gasteiger partial charge on any atom is -0.398 e. The van der Waals surface area contributed by atoms with Crippen LogP contribution in [0.1, 0.15) is 11.1 Å². The van der Waals surface area contributed by atoms with Gasteiger partial charge in [0, 0.05) is 9.26 Å². The predicted molar refractivity (Wildman–Crippen MR) is 53.3 cm³/mol. The summed E-state index contributed by atoms with van der Waals surface area (Å²) in [7, 11) is 0. The first kappa shape index (κ1) is 10.6. The van der Waals surface area contributed by atoms with Crippen molar-refractivity contribution >= 4 is 28.3 Å². The number of nitrogens with two attached hydrogens (primary N) is 1. The number of alkyl halides is 3. The van der Waals surface area contributed by atoms with Gasteiger partial charge in [-0.25, -0.2) is 0 Å². The number of nitrogen functional groups attached to an aromatic ring is 1. The molecule has 2 N–H and O–H groups in total. The van der Waals surface area contributed by atoms with Gasteiger partial charge in [-0.15, -0.1) is 0 Å². The largest absolute Gasteiger partial charge is 0.416 e. The zero-order valence-corrected chi connectivity index (χ0v) is 8.90. The van der Waals surface area contributed by atoms with Crippen LogP contribution >= 0.6 is 22.6 Å². The van der Waals surface area contributed by atoms with Gasteiger partial charge < -0.3 is 5.73 Å². The monoisotopic (exact) mass is 301 g/mol. The normalized spacial score (nSPS) is 11.8. The van der Waals surface area contributed by atoms with Crippen LogP contribution in [0.5, 0.6) is 0 Å². The van der Waals surface area contributed by atoms with E-state index in [1.807, 2.05) is 22.6 Å². The molecule has 0 aliphatic rings. The summed E-state index contributed by atoms with van der Waals surface area (Å²) in [5.41, 5.74) is 5.44. The fourth-order valence-electron chi connectivity index (χ4n) is 0.961. The molecule has 1 aromatic carbocycles. The van der Waals surface area contributed by atoms with Crippen molar-refractivity contribution in [3.05, 3.63) is 26.8 Å². The molecule has 0 heterocycles. The van der Waals surface area contributed by atoms with Crippen LogP contribution in [0.25, 0.3) is 0 Å². The Balaban J connectivity index is 3.29. The van der Waals surface area contributed by atoms with E-state index in [2.05, 4.69) is 0 Å². The maximum atomic E-state index is 12.2. The van der Waals surface area contributed by atoms with Crippen molar-refractivity contribution in [2.24, 2.45) is 0 Å². The zero-order valence-electron chi connectivity index (χ0n) is 6.74. The average molecular weight is 301 g/mol. The van der Waals surface area contributed by atoms with Crippen molar-refractivity contribution < 1.29 is 13.2 Å². The van der Waals surface area contributed by atoms with E-state index < -0.39 is 11.7 Å². The maximum absolute atomic E-state index is 12.2. The van der Waals surface area contributed by atoms with Crippen LogP contribution in [-0.4, -0.2) is 0 Å². The highest BCUT2D eigenvalue weighted by molar-refractivity contribution is 14.1. The number of aryl methyl sites for hydroxylation is 1. The van der Waals surface area contributed by atoms with Gasteiger partial charge in [-0.2, -0.15) is 13.2 Å². The number of anilines is 1. The molecule has 0 amide bonds. The Kier molecular flexibility index (Phi) is 2.74. The van der Waals surface area contributed by atoms with Crippen LogP contribution in [-0.2, 0) is 6.18 Å². The lowest BCUT2D eigenvalue weighted by atomic mass is 10.1. The molecule has 5 heteroatoms. The minimum absolute atomic E-state index is 0.174. The molecule has 72 valence electrons. The summed E-state index contributed by atoms with van der Waals surface area (Å²) in [6.07, 6.45) is -4.32. The van der Waals surface area contributed by atoms with E-state index in [1.165, 1.54) is 0 Å². The smallest absolute Gasteiger partial charge is 0.398 e. The van der Waals surface area contributed by atoms with E-state index in [9.17, 15) is 13.2 Å². The van der Waals surface area contributed by atoms with E-state index in [1.54, 1.807) is 6.92 Å². The number of halogens is 4. The van der Waals surface area contributed by atoms with E-state index in [-0.39, 0.29) is 5.69 Å². The van der Waals surface area contributed by atoms with Gasteiger partial charge in [-0.3, -0.25) is 0 Å². The van der Waals surface area contributed by atoms with Crippen molar-refractivity contribution in [1.82, 2.24) is 0 Å². The summed E-state index contributed by atoms with van der Waals surface area (Å²) in [5.74, 6) is 0. The highest BCUT2D eigenvalue weighted by Crippen LogP contribution is 2.33. The number of rotatable bonds is 0. The van der Waals surface area contributed by atoms with Gasteiger partial charge in [0.05, 0.1) is 5.56 Å². The lowest BCUT2D eigenvalue weighted by molar-refractivity contribution is -0.137. The zero-order chi connectivity index (χ0) is 10.2. The SMILES string of the molecule is Cc1cc(C(F)(F)F)cc(N)c1I. The Morgan fingerprint density at radius 1 is 1.31 bits per heavy atom. The van der Waals surface area contributed by atoms with Crippen LogP contribution in [0.2, 0.25) is 0 Å². The third-order valence-corrected chi connectivity index (χ3v) is 3.08. The molecule has 1 nitrogen and oxygen atoms in total. The highest BCUT2D eigenvalue weighted by atomic mass is 127. The molecule has 13 heavy (non-hydrogen) atoms. The number of hydrogen-bond acceptors (Lipinski definition) is 1. The predicted octanol–water partition coefficient (Wildman–Crippen LogP) is 3.20. The van der Waals surface area contributed by atoms with Crippen molar-refractivity contribution in [2.45, 2.75) is 13.1 Å². The fourth-order valence-corrected chi connectivity index (χ4v) is 1.27. The Labute approximate surface area is 87.3 Å². The molecule has 0 aliphatic heterocycles. The lowest BCUT2D eigenvalue weighted by Crippen LogP contribution is -2.07. The quantitative estimate of drug-likeness (QED) is 0.578. The van der Waals surface area contributed by atoms with Crippen molar-refractivity contribution in [2.75, 3.05) is 5.73 Å². The number of hydrogen-bond donors (Lipinski definition) is 1. The third kappa shape index (κ3) is 2.26. The van der Waals surface area contributed by atoms with Crippen molar-refractivity contribution in [3.63, 3.8) is 0 Å². The molecule has 0 aromatic heterocycles. The molecule has 0 bridgehead atoms. The minimum atomic E-state index is -4.32. The van der Waals surface area contributed by atoms with Crippen molar-refractivity contribution in [1.29, 1.82) is 0 Å². The molecule has 0 aliphatic carbocycles. The van der Waals surface area contributed by atoms with E-state index in [4.69, 9.17) is 5.73 Å². The topological polar surface area (TPSA) is 26.0 Å². The first-order chi connectivity index (χ1) is 5.82. The highest BCUT2D eigenvalue weighted by Gasteiger charge is 2.31. The summed E-state index contributed by atoms with van der Waals surface area (Å²) < 4.78 is 37.3. The Hall–Kier alpha value is -0.460. The average Bonchev–Trinajstić information content (AvgIpc) is 1.97. The molecular weight excluding hydrogens is 294 g/mol. The first-order valence-electron chi connectivity index (χ1n) is 3.45. The summed E-state index contributed by atoms with van der Waals surface area (Å²) in [5, 5.41) is 0. The molecule has 1 aromatic rings. The third-order valence-electron chi connectivity index (χ3n) is 1.61. The van der Waals surface area contributed by atoms with Gasteiger partial charge in [0.15, 0.2) is 0 Å². The van der Waals surface area contributed by atoms with Crippen LogP contribution in [0.3, 0.4) is 0 Å². The van der Waals surface area contributed by atoms with E-state index >= 15 is 0 Å². The Bertz CT molecular complexity index is 310. The lowest BCUT2D eigenvalue weighted by Gasteiger charge is -2.10. The van der Waals surface area contributed by atoms with E-state index in [0.717, 1.165) is 12.1 Å². The molecule has 0 radical (unpaired) electrons. The Morgan fingerprint density at radius 3 is 2.23 bits per heavy atom. The summed E-state index contributed by atoms with van der Waals surface area (Å²) in [6, 6.07) is 2.05. The van der Waals surface area contributed by atoms with Gasteiger partial charge in [0.25, 0.3) is 0 Å². The van der Waals surface area contributed by atoms with Gasteiger partial charge in [-0.1, -0.05) is 0 Å². The first-order valence-corrected chi connectivity index (χ1v) is 4.53.